The quantitative estimate of drug-likeness (QED) is 0.468. The van der Waals surface area contributed by atoms with E-state index in [0.29, 0.717) is 5.75 Å². The number of ether oxygens (including phenoxy) is 2. The summed E-state index contributed by atoms with van der Waals surface area (Å²) in [6.45, 7) is -0.738. The van der Waals surface area contributed by atoms with Crippen molar-refractivity contribution in [2.24, 2.45) is 14.1 Å². The molecule has 0 saturated heterocycles. The van der Waals surface area contributed by atoms with E-state index >= 15 is 0 Å². The Kier molecular flexibility index (Phi) is 5.77. The lowest BCUT2D eigenvalue weighted by Gasteiger charge is -2.12. The van der Waals surface area contributed by atoms with Gasteiger partial charge in [0.2, 0.25) is 5.78 Å². The summed E-state index contributed by atoms with van der Waals surface area (Å²) in [6.07, 6.45) is 3.05. The Balaban J connectivity index is 1.80. The number of nitrogen functional groups attached to an aromatic ring is 1. The summed E-state index contributed by atoms with van der Waals surface area (Å²) >= 11 is 0. The Morgan fingerprint density at radius 3 is 2.50 bits per heavy atom. The molecular weight excluding hydrogens is 392 g/mol. The molecule has 0 spiro atoms. The van der Waals surface area contributed by atoms with Crippen molar-refractivity contribution in [2.75, 3.05) is 12.3 Å². The molecule has 0 atom stereocenters. The highest BCUT2D eigenvalue weighted by atomic mass is 16.5. The fourth-order valence-electron chi connectivity index (χ4n) is 2.66. The van der Waals surface area contributed by atoms with Crippen LogP contribution in [0, 0.1) is 0 Å². The van der Waals surface area contributed by atoms with E-state index in [1.54, 1.807) is 36.5 Å². The van der Waals surface area contributed by atoms with Crippen molar-refractivity contribution >= 4 is 17.6 Å². The van der Waals surface area contributed by atoms with Gasteiger partial charge >= 0.3 is 11.7 Å². The normalized spacial score (nSPS) is 10.5. The Labute approximate surface area is 170 Å². The summed E-state index contributed by atoms with van der Waals surface area (Å²) in [7, 11) is 2.55. The molecule has 3 rings (SSSR count). The summed E-state index contributed by atoms with van der Waals surface area (Å²) in [5.41, 5.74) is 3.86. The van der Waals surface area contributed by atoms with Gasteiger partial charge in [-0.2, -0.15) is 0 Å². The highest BCUT2D eigenvalue weighted by Gasteiger charge is 2.22. The second-order valence-electron chi connectivity index (χ2n) is 6.25. The lowest BCUT2D eigenvalue weighted by Crippen LogP contribution is -2.42. The summed E-state index contributed by atoms with van der Waals surface area (Å²) in [5, 5.41) is 0. The first-order valence-electron chi connectivity index (χ1n) is 8.74. The smallest absolute Gasteiger partial charge is 0.342 e. The number of hydrogen-bond donors (Lipinski definition) is 1. The molecule has 30 heavy (non-hydrogen) atoms. The Bertz CT molecular complexity index is 1230. The van der Waals surface area contributed by atoms with Gasteiger partial charge in [0, 0.05) is 20.3 Å². The molecule has 2 heterocycles. The van der Waals surface area contributed by atoms with Crippen molar-refractivity contribution in [1.29, 1.82) is 0 Å². The number of hydrogen-bond acceptors (Lipinski definition) is 8. The van der Waals surface area contributed by atoms with Gasteiger partial charge in [0.1, 0.15) is 28.4 Å². The maximum Gasteiger partial charge on any atom is 0.342 e. The number of nitrogens with zero attached hydrogens (tertiary/aromatic N) is 3. The van der Waals surface area contributed by atoms with Crippen molar-refractivity contribution in [3.8, 4) is 11.5 Å². The molecule has 3 aromatic rings. The number of ketones is 1. The molecule has 10 heteroatoms. The van der Waals surface area contributed by atoms with Crippen molar-refractivity contribution in [3.05, 3.63) is 80.8 Å². The van der Waals surface area contributed by atoms with Crippen LogP contribution >= 0.6 is 0 Å². The zero-order chi connectivity index (χ0) is 21.8. The second-order valence-corrected chi connectivity index (χ2v) is 6.25. The molecular formula is C20H18N4O6. The fourth-order valence-corrected chi connectivity index (χ4v) is 2.66. The number of nitrogens with two attached hydrogens (primary N) is 1. The van der Waals surface area contributed by atoms with Gasteiger partial charge in [-0.3, -0.25) is 23.7 Å². The van der Waals surface area contributed by atoms with Gasteiger partial charge in [-0.1, -0.05) is 12.1 Å². The first kappa shape index (κ1) is 20.5. The van der Waals surface area contributed by atoms with Crippen LogP contribution in [-0.4, -0.2) is 32.5 Å². The number of carbonyl (C=O) groups excluding carboxylic acids is 2. The van der Waals surface area contributed by atoms with Gasteiger partial charge in [0.15, 0.2) is 6.61 Å². The molecule has 0 bridgehead atoms. The van der Waals surface area contributed by atoms with E-state index in [0.717, 1.165) is 9.13 Å². The average Bonchev–Trinajstić information content (AvgIpc) is 2.76. The van der Waals surface area contributed by atoms with E-state index in [2.05, 4.69) is 4.98 Å². The van der Waals surface area contributed by atoms with Crippen molar-refractivity contribution < 1.29 is 19.1 Å². The van der Waals surface area contributed by atoms with Crippen LogP contribution in [0.1, 0.15) is 20.7 Å². The zero-order valence-electron chi connectivity index (χ0n) is 16.2. The summed E-state index contributed by atoms with van der Waals surface area (Å²) < 4.78 is 12.4. The highest BCUT2D eigenvalue weighted by Crippen LogP contribution is 2.25. The minimum atomic E-state index is -0.864. The standard InChI is InChI=1S/C20H18N4O6/c1-23-17(21)16(18(26)24(2)20(23)28)14(25)11-29-19(27)13-7-3-4-8-15(13)30-12-6-5-9-22-10-12/h3-10H,11,21H2,1-2H3. The maximum atomic E-state index is 12.5. The predicted octanol–water partition coefficient (Wildman–Crippen LogP) is 0.893. The van der Waals surface area contributed by atoms with Crippen LogP contribution in [0.25, 0.3) is 0 Å². The molecule has 0 aliphatic carbocycles. The fraction of sp³-hybridized carbons (Fsp3) is 0.150. The van der Waals surface area contributed by atoms with Crippen LogP contribution in [0.5, 0.6) is 11.5 Å². The summed E-state index contributed by atoms with van der Waals surface area (Å²) in [5.74, 6) is -1.34. The molecule has 0 unspecified atom stereocenters. The maximum absolute atomic E-state index is 12.5. The molecule has 0 saturated carbocycles. The third-order valence-electron chi connectivity index (χ3n) is 4.29. The van der Waals surface area contributed by atoms with Crippen molar-refractivity contribution in [2.45, 2.75) is 0 Å². The van der Waals surface area contributed by atoms with Crippen LogP contribution in [0.4, 0.5) is 5.82 Å². The Morgan fingerprint density at radius 1 is 1.07 bits per heavy atom. The minimum Gasteiger partial charge on any atom is -0.455 e. The van der Waals surface area contributed by atoms with E-state index in [1.807, 2.05) is 0 Å². The van der Waals surface area contributed by atoms with Crippen LogP contribution in [0.3, 0.4) is 0 Å². The number of Topliss-reactive ketones (excluding diaryl/α,β-unsaturated/α-hetero) is 1. The molecule has 0 aliphatic heterocycles. The number of rotatable bonds is 6. The third kappa shape index (κ3) is 3.97. The van der Waals surface area contributed by atoms with Gasteiger partial charge in [-0.15, -0.1) is 0 Å². The first-order chi connectivity index (χ1) is 14.3. The van der Waals surface area contributed by atoms with Crippen LogP contribution < -0.4 is 21.7 Å². The number of aromatic nitrogens is 3. The molecule has 2 aromatic heterocycles. The lowest BCUT2D eigenvalue weighted by atomic mass is 10.2. The Morgan fingerprint density at radius 2 is 1.80 bits per heavy atom. The van der Waals surface area contributed by atoms with Gasteiger partial charge in [-0.25, -0.2) is 9.59 Å². The topological polar surface area (TPSA) is 136 Å². The molecule has 0 aliphatic rings. The Hall–Kier alpha value is -4.21. The zero-order valence-corrected chi connectivity index (χ0v) is 16.2. The predicted molar refractivity (Wildman–Crippen MR) is 107 cm³/mol. The largest absolute Gasteiger partial charge is 0.455 e. The number of anilines is 1. The third-order valence-corrected chi connectivity index (χ3v) is 4.29. The summed E-state index contributed by atoms with van der Waals surface area (Å²) in [4.78, 5) is 53.0. The lowest BCUT2D eigenvalue weighted by molar-refractivity contribution is 0.0471. The van der Waals surface area contributed by atoms with E-state index in [4.69, 9.17) is 15.2 Å². The number of pyridine rings is 1. The highest BCUT2D eigenvalue weighted by molar-refractivity contribution is 6.02. The van der Waals surface area contributed by atoms with Crippen molar-refractivity contribution in [1.82, 2.24) is 14.1 Å². The first-order valence-corrected chi connectivity index (χ1v) is 8.74. The molecule has 154 valence electrons. The molecule has 2 N–H and O–H groups in total. The number of esters is 1. The number of para-hydroxylation sites is 1. The minimum absolute atomic E-state index is 0.0792. The van der Waals surface area contributed by atoms with Crippen LogP contribution in [-0.2, 0) is 18.8 Å². The van der Waals surface area contributed by atoms with Crippen molar-refractivity contribution in [3.63, 3.8) is 0 Å². The van der Waals surface area contributed by atoms with Gasteiger partial charge in [0.25, 0.3) is 5.56 Å². The van der Waals surface area contributed by atoms with Gasteiger partial charge < -0.3 is 15.2 Å². The van der Waals surface area contributed by atoms with E-state index < -0.39 is 35.2 Å². The molecule has 0 fully saturated rings. The van der Waals surface area contributed by atoms with Crippen LogP contribution in [0.15, 0.2) is 58.4 Å². The molecule has 0 radical (unpaired) electrons. The molecule has 1 aromatic carbocycles. The van der Waals surface area contributed by atoms with Crippen LogP contribution in [0.2, 0.25) is 0 Å². The number of benzene rings is 1. The monoisotopic (exact) mass is 410 g/mol. The van der Waals surface area contributed by atoms with E-state index in [9.17, 15) is 19.2 Å². The molecule has 10 nitrogen and oxygen atoms in total. The van der Waals surface area contributed by atoms with Gasteiger partial charge in [-0.05, 0) is 24.3 Å². The SMILES string of the molecule is Cn1c(N)c(C(=O)COC(=O)c2ccccc2Oc2cccnc2)c(=O)n(C)c1=O. The summed E-state index contributed by atoms with van der Waals surface area (Å²) in [6, 6.07) is 9.64. The molecule has 0 amide bonds. The van der Waals surface area contributed by atoms with Gasteiger partial charge in [0.05, 0.1) is 6.20 Å². The number of carbonyl (C=O) groups is 2. The van der Waals surface area contributed by atoms with E-state index in [-0.39, 0.29) is 17.1 Å². The second kappa shape index (κ2) is 8.43. The average molecular weight is 410 g/mol. The van der Waals surface area contributed by atoms with E-state index in [1.165, 1.54) is 26.4 Å².